The minimum Gasteiger partial charge on any atom is -0.481 e. The number of carboxylic acid groups (broad SMARTS) is 1. The van der Waals surface area contributed by atoms with E-state index in [2.05, 4.69) is 12.8 Å². The van der Waals surface area contributed by atoms with Gasteiger partial charge in [0, 0.05) is 12.2 Å². The highest BCUT2D eigenvalue weighted by Gasteiger charge is 2.17. The number of hydrogen-bond acceptors (Lipinski definition) is 2. The van der Waals surface area contributed by atoms with Gasteiger partial charge in [0.15, 0.2) is 0 Å². The molecule has 0 spiro atoms. The fourth-order valence-electron chi connectivity index (χ4n) is 1.89. The van der Waals surface area contributed by atoms with Gasteiger partial charge in [-0.15, -0.1) is 6.42 Å². The van der Waals surface area contributed by atoms with Crippen LogP contribution in [0.25, 0.3) is 0 Å². The lowest BCUT2D eigenvalue weighted by Crippen LogP contribution is -2.32. The third kappa shape index (κ3) is 3.53. The van der Waals surface area contributed by atoms with Crippen molar-refractivity contribution < 1.29 is 9.90 Å². The fraction of sp³-hybridized carbons (Fsp3) is 0.400. The van der Waals surface area contributed by atoms with Gasteiger partial charge in [0.25, 0.3) is 0 Å². The van der Waals surface area contributed by atoms with Crippen LogP contribution in [0.3, 0.4) is 0 Å². The van der Waals surface area contributed by atoms with Crippen molar-refractivity contribution in [3.63, 3.8) is 0 Å². The van der Waals surface area contributed by atoms with E-state index in [-0.39, 0.29) is 0 Å². The third-order valence-electron chi connectivity index (χ3n) is 2.91. The second-order valence-electron chi connectivity index (χ2n) is 4.31. The summed E-state index contributed by atoms with van der Waals surface area (Å²) in [7, 11) is 0. The van der Waals surface area contributed by atoms with Crippen molar-refractivity contribution in [1.82, 2.24) is 0 Å². The largest absolute Gasteiger partial charge is 0.481 e. The van der Waals surface area contributed by atoms with Gasteiger partial charge in [-0.05, 0) is 18.1 Å². The summed E-state index contributed by atoms with van der Waals surface area (Å²) in [6.45, 7) is 4.62. The van der Waals surface area contributed by atoms with Gasteiger partial charge in [0.1, 0.15) is 0 Å². The van der Waals surface area contributed by atoms with E-state index in [1.54, 1.807) is 6.92 Å². The Bertz CT molecular complexity index is 448. The van der Waals surface area contributed by atoms with Crippen molar-refractivity contribution in [1.29, 1.82) is 0 Å². The van der Waals surface area contributed by atoms with E-state index in [9.17, 15) is 4.79 Å². The van der Waals surface area contributed by atoms with E-state index in [0.717, 1.165) is 12.1 Å². The number of anilines is 1. The minimum absolute atomic E-state index is 0.425. The molecule has 1 rings (SSSR count). The summed E-state index contributed by atoms with van der Waals surface area (Å²) in [5, 5.41) is 8.99. The summed E-state index contributed by atoms with van der Waals surface area (Å²) >= 11 is 0. The molecule has 0 aromatic heterocycles. The lowest BCUT2D eigenvalue weighted by molar-refractivity contribution is -0.140. The Morgan fingerprint density at radius 1 is 1.50 bits per heavy atom. The topological polar surface area (TPSA) is 40.5 Å². The maximum Gasteiger partial charge on any atom is 0.308 e. The highest BCUT2D eigenvalue weighted by Crippen LogP contribution is 2.21. The molecule has 0 amide bonds. The van der Waals surface area contributed by atoms with Crippen LogP contribution in [0.5, 0.6) is 0 Å². The Balaban J connectivity index is 2.97. The summed E-state index contributed by atoms with van der Waals surface area (Å²) in [6.07, 6.45) is 6.27. The molecular formula is C15H19NO2. The van der Waals surface area contributed by atoms with Gasteiger partial charge in [-0.1, -0.05) is 38.0 Å². The van der Waals surface area contributed by atoms with Crippen LogP contribution < -0.4 is 4.90 Å². The highest BCUT2D eigenvalue weighted by molar-refractivity contribution is 5.70. The van der Waals surface area contributed by atoms with Crippen LogP contribution in [0.15, 0.2) is 24.3 Å². The van der Waals surface area contributed by atoms with E-state index in [4.69, 9.17) is 11.5 Å². The highest BCUT2D eigenvalue weighted by atomic mass is 16.4. The van der Waals surface area contributed by atoms with Gasteiger partial charge < -0.3 is 10.0 Å². The molecule has 0 heterocycles. The smallest absolute Gasteiger partial charge is 0.308 e. The Hall–Kier alpha value is -1.95. The van der Waals surface area contributed by atoms with Crippen molar-refractivity contribution >= 4 is 11.7 Å². The number of nitrogens with zero attached hydrogens (tertiary/aromatic N) is 1. The average molecular weight is 245 g/mol. The number of hydrogen-bond donors (Lipinski definition) is 1. The number of rotatable bonds is 6. The van der Waals surface area contributed by atoms with Crippen molar-refractivity contribution in [2.24, 2.45) is 5.92 Å². The second-order valence-corrected chi connectivity index (χ2v) is 4.31. The molecule has 0 aliphatic carbocycles. The summed E-state index contributed by atoms with van der Waals surface area (Å²) in [4.78, 5) is 12.9. The molecule has 0 radical (unpaired) electrons. The average Bonchev–Trinajstić information content (AvgIpc) is 2.38. The quantitative estimate of drug-likeness (QED) is 0.782. The zero-order chi connectivity index (χ0) is 13.5. The van der Waals surface area contributed by atoms with E-state index in [0.29, 0.717) is 13.1 Å². The van der Waals surface area contributed by atoms with Crippen LogP contribution in [0.4, 0.5) is 5.69 Å². The molecule has 0 fully saturated rings. The van der Waals surface area contributed by atoms with Crippen LogP contribution in [0, 0.1) is 18.3 Å². The molecular weight excluding hydrogens is 226 g/mol. The van der Waals surface area contributed by atoms with Gasteiger partial charge >= 0.3 is 5.97 Å². The minimum atomic E-state index is -0.800. The molecule has 1 unspecified atom stereocenters. The number of para-hydroxylation sites is 1. The molecule has 1 aromatic rings. The molecule has 0 aliphatic heterocycles. The van der Waals surface area contributed by atoms with Gasteiger partial charge in [0.2, 0.25) is 0 Å². The molecule has 1 atom stereocenters. The summed E-state index contributed by atoms with van der Waals surface area (Å²) in [5.74, 6) is 1.35. The molecule has 0 saturated heterocycles. The van der Waals surface area contributed by atoms with E-state index in [1.165, 1.54) is 5.56 Å². The first kappa shape index (κ1) is 14.1. The van der Waals surface area contributed by atoms with Crippen LogP contribution in [-0.2, 0) is 11.2 Å². The molecule has 1 aromatic carbocycles. The monoisotopic (exact) mass is 245 g/mol. The number of aliphatic carboxylic acids is 1. The SMILES string of the molecule is C#CCN(CC(C)C(=O)O)c1ccccc1CC. The van der Waals surface area contributed by atoms with Crippen molar-refractivity contribution in [2.45, 2.75) is 20.3 Å². The Kier molecular flexibility index (Phi) is 5.26. The van der Waals surface area contributed by atoms with Crippen LogP contribution in [-0.4, -0.2) is 24.2 Å². The first-order valence-corrected chi connectivity index (χ1v) is 6.09. The number of terminal acetylenes is 1. The number of carboxylic acids is 1. The maximum atomic E-state index is 10.9. The van der Waals surface area contributed by atoms with Crippen molar-refractivity contribution in [3.05, 3.63) is 29.8 Å². The summed E-state index contributed by atoms with van der Waals surface area (Å²) < 4.78 is 0. The lowest BCUT2D eigenvalue weighted by atomic mass is 10.1. The fourth-order valence-corrected chi connectivity index (χ4v) is 1.89. The van der Waals surface area contributed by atoms with Gasteiger partial charge in [-0.3, -0.25) is 4.79 Å². The first-order valence-electron chi connectivity index (χ1n) is 6.09. The van der Waals surface area contributed by atoms with Gasteiger partial charge in [0.05, 0.1) is 12.5 Å². The molecule has 0 bridgehead atoms. The van der Waals surface area contributed by atoms with Gasteiger partial charge in [-0.25, -0.2) is 0 Å². The standard InChI is InChI=1S/C15H19NO2/c1-4-10-16(11-12(3)15(17)18)14-9-7-6-8-13(14)5-2/h1,6-9,12H,5,10-11H2,2-3H3,(H,17,18). The predicted molar refractivity (Wildman–Crippen MR) is 73.7 cm³/mol. The normalized spacial score (nSPS) is 11.6. The second kappa shape index (κ2) is 6.70. The third-order valence-corrected chi connectivity index (χ3v) is 2.91. The van der Waals surface area contributed by atoms with Gasteiger partial charge in [-0.2, -0.15) is 0 Å². The molecule has 3 nitrogen and oxygen atoms in total. The summed E-state index contributed by atoms with van der Waals surface area (Å²) in [6, 6.07) is 7.97. The van der Waals surface area contributed by atoms with E-state index < -0.39 is 11.9 Å². The molecule has 18 heavy (non-hydrogen) atoms. The summed E-state index contributed by atoms with van der Waals surface area (Å²) in [5.41, 5.74) is 2.22. The zero-order valence-electron chi connectivity index (χ0n) is 10.9. The first-order chi connectivity index (χ1) is 8.60. The van der Waals surface area contributed by atoms with Crippen molar-refractivity contribution in [3.8, 4) is 12.3 Å². The molecule has 3 heteroatoms. The van der Waals surface area contributed by atoms with Crippen molar-refractivity contribution in [2.75, 3.05) is 18.0 Å². The van der Waals surface area contributed by atoms with E-state index >= 15 is 0 Å². The van der Waals surface area contributed by atoms with Crippen LogP contribution in [0.1, 0.15) is 19.4 Å². The number of benzene rings is 1. The maximum absolute atomic E-state index is 10.9. The van der Waals surface area contributed by atoms with E-state index in [1.807, 2.05) is 29.2 Å². The molecule has 0 saturated carbocycles. The van der Waals surface area contributed by atoms with Crippen LogP contribution in [0.2, 0.25) is 0 Å². The Morgan fingerprint density at radius 3 is 2.72 bits per heavy atom. The molecule has 1 N–H and O–H groups in total. The Labute approximate surface area is 108 Å². The lowest BCUT2D eigenvalue weighted by Gasteiger charge is -2.26. The Morgan fingerprint density at radius 2 is 2.17 bits per heavy atom. The number of aryl methyl sites for hydroxylation is 1. The van der Waals surface area contributed by atoms with Crippen LogP contribution >= 0.6 is 0 Å². The number of carbonyl (C=O) groups is 1. The zero-order valence-corrected chi connectivity index (χ0v) is 10.9. The molecule has 0 aliphatic rings. The predicted octanol–water partition coefficient (Wildman–Crippen LogP) is 2.41. The molecule has 96 valence electrons.